The van der Waals surface area contributed by atoms with Crippen LogP contribution in [0.2, 0.25) is 10.0 Å². The third-order valence-corrected chi connectivity index (χ3v) is 5.48. The van der Waals surface area contributed by atoms with E-state index < -0.39 is 22.0 Å². The summed E-state index contributed by atoms with van der Waals surface area (Å²) < 4.78 is 27.0. The molecule has 0 aliphatic rings. The first-order valence-electron chi connectivity index (χ1n) is 6.11. The number of carbonyl (C=O) groups is 1. The summed E-state index contributed by atoms with van der Waals surface area (Å²) in [6.07, 6.45) is 2.18. The van der Waals surface area contributed by atoms with Gasteiger partial charge in [0, 0.05) is 0 Å². The number of amides is 1. The summed E-state index contributed by atoms with van der Waals surface area (Å²) in [7, 11) is -2.64. The molecule has 0 bridgehead atoms. The van der Waals surface area contributed by atoms with E-state index in [2.05, 4.69) is 15.0 Å². The molecule has 1 rings (SSSR count). The van der Waals surface area contributed by atoms with Crippen LogP contribution in [-0.2, 0) is 19.7 Å². The van der Waals surface area contributed by atoms with E-state index in [1.54, 1.807) is 0 Å². The number of hydrogen-bond donors (Lipinski definition) is 2. The van der Waals surface area contributed by atoms with Crippen molar-refractivity contribution in [3.05, 3.63) is 28.2 Å². The number of sulfonamides is 1. The van der Waals surface area contributed by atoms with Crippen molar-refractivity contribution in [2.75, 3.05) is 19.1 Å². The molecule has 0 saturated carbocycles. The van der Waals surface area contributed by atoms with Gasteiger partial charge in [0.25, 0.3) is 5.91 Å². The van der Waals surface area contributed by atoms with Gasteiger partial charge in [-0.05, 0) is 36.6 Å². The standard InChI is InChI=1S/C12H16Cl2N2O4S2/c1-20-15-12(17)11(5-6-21-2)16-22(18,19)8-3-4-9(13)10(14)7-8/h3-4,7,11,16H,5-6H2,1-2H3,(H,15,17). The Morgan fingerprint density at radius 2 is 2.05 bits per heavy atom. The lowest BCUT2D eigenvalue weighted by atomic mass is 10.2. The number of thioether (sulfide) groups is 1. The van der Waals surface area contributed by atoms with Crippen molar-refractivity contribution in [3.8, 4) is 0 Å². The second-order valence-electron chi connectivity index (χ2n) is 4.20. The summed E-state index contributed by atoms with van der Waals surface area (Å²) in [6.45, 7) is 0. The number of hydrogen-bond acceptors (Lipinski definition) is 5. The molecule has 124 valence electrons. The van der Waals surface area contributed by atoms with Gasteiger partial charge in [-0.25, -0.2) is 13.9 Å². The lowest BCUT2D eigenvalue weighted by Crippen LogP contribution is -2.46. The molecule has 6 nitrogen and oxygen atoms in total. The molecule has 1 unspecified atom stereocenters. The zero-order chi connectivity index (χ0) is 16.8. The second kappa shape index (κ2) is 8.95. The Kier molecular flexibility index (Phi) is 7.95. The fraction of sp³-hybridized carbons (Fsp3) is 0.417. The summed E-state index contributed by atoms with van der Waals surface area (Å²) in [5.41, 5.74) is 2.13. The van der Waals surface area contributed by atoms with E-state index in [4.69, 9.17) is 23.2 Å². The summed E-state index contributed by atoms with van der Waals surface area (Å²) >= 11 is 13.1. The predicted molar refractivity (Wildman–Crippen MR) is 88.7 cm³/mol. The smallest absolute Gasteiger partial charge is 0.261 e. The van der Waals surface area contributed by atoms with E-state index in [-0.39, 0.29) is 14.9 Å². The van der Waals surface area contributed by atoms with Crippen LogP contribution in [-0.4, -0.2) is 39.5 Å². The van der Waals surface area contributed by atoms with E-state index in [1.807, 2.05) is 6.26 Å². The molecule has 1 aromatic rings. The first-order valence-corrected chi connectivity index (χ1v) is 9.74. The quantitative estimate of drug-likeness (QED) is 0.668. The molecule has 2 N–H and O–H groups in total. The van der Waals surface area contributed by atoms with Crippen LogP contribution in [0.3, 0.4) is 0 Å². The lowest BCUT2D eigenvalue weighted by molar-refractivity contribution is -0.133. The largest absolute Gasteiger partial charge is 0.277 e. The van der Waals surface area contributed by atoms with E-state index in [0.29, 0.717) is 12.2 Å². The van der Waals surface area contributed by atoms with Gasteiger partial charge in [0.05, 0.1) is 22.1 Å². The van der Waals surface area contributed by atoms with Gasteiger partial charge in [-0.1, -0.05) is 23.2 Å². The molecule has 0 aliphatic heterocycles. The number of hydroxylamine groups is 1. The van der Waals surface area contributed by atoms with Gasteiger partial charge in [0.15, 0.2) is 0 Å². The first-order chi connectivity index (χ1) is 10.3. The van der Waals surface area contributed by atoms with Gasteiger partial charge >= 0.3 is 0 Å². The number of nitrogens with one attached hydrogen (secondary N) is 2. The maximum atomic E-state index is 12.3. The van der Waals surface area contributed by atoms with Crippen molar-refractivity contribution in [1.82, 2.24) is 10.2 Å². The highest BCUT2D eigenvalue weighted by molar-refractivity contribution is 7.98. The van der Waals surface area contributed by atoms with Crippen molar-refractivity contribution in [3.63, 3.8) is 0 Å². The minimum absolute atomic E-state index is 0.0683. The number of halogens is 2. The van der Waals surface area contributed by atoms with Crippen molar-refractivity contribution in [1.29, 1.82) is 0 Å². The minimum atomic E-state index is -3.91. The van der Waals surface area contributed by atoms with E-state index in [1.165, 1.54) is 37.1 Å². The SMILES string of the molecule is CONC(=O)C(CCSC)NS(=O)(=O)c1ccc(Cl)c(Cl)c1. The number of carbonyl (C=O) groups excluding carboxylic acids is 1. The Morgan fingerprint density at radius 3 is 2.59 bits per heavy atom. The summed E-state index contributed by atoms with van der Waals surface area (Å²) in [4.78, 5) is 16.3. The Morgan fingerprint density at radius 1 is 1.36 bits per heavy atom. The van der Waals surface area contributed by atoms with Crippen molar-refractivity contribution in [2.45, 2.75) is 17.4 Å². The van der Waals surface area contributed by atoms with Crippen LogP contribution < -0.4 is 10.2 Å². The highest BCUT2D eigenvalue weighted by Crippen LogP contribution is 2.25. The molecule has 0 radical (unpaired) electrons. The van der Waals surface area contributed by atoms with Crippen molar-refractivity contribution >= 4 is 50.9 Å². The zero-order valence-electron chi connectivity index (χ0n) is 11.9. The summed E-state index contributed by atoms with van der Waals surface area (Å²) in [5.74, 6) is 0.0336. The molecule has 0 fully saturated rings. The third-order valence-electron chi connectivity index (χ3n) is 2.63. The average molecular weight is 387 g/mol. The molecule has 0 saturated heterocycles. The van der Waals surface area contributed by atoms with E-state index in [0.717, 1.165) is 0 Å². The normalized spacial score (nSPS) is 12.9. The van der Waals surface area contributed by atoms with Crippen LogP contribution in [0.25, 0.3) is 0 Å². The topological polar surface area (TPSA) is 84.5 Å². The fourth-order valence-electron chi connectivity index (χ4n) is 1.55. The van der Waals surface area contributed by atoms with Crippen LogP contribution in [0.15, 0.2) is 23.1 Å². The highest BCUT2D eigenvalue weighted by atomic mass is 35.5. The van der Waals surface area contributed by atoms with Gasteiger partial charge in [-0.3, -0.25) is 9.63 Å². The number of rotatable bonds is 8. The maximum absolute atomic E-state index is 12.3. The monoisotopic (exact) mass is 386 g/mol. The molecule has 10 heteroatoms. The highest BCUT2D eigenvalue weighted by Gasteiger charge is 2.26. The average Bonchev–Trinajstić information content (AvgIpc) is 2.46. The molecule has 1 atom stereocenters. The van der Waals surface area contributed by atoms with Crippen molar-refractivity contribution in [2.24, 2.45) is 0 Å². The molecule has 0 spiro atoms. The van der Waals surface area contributed by atoms with Gasteiger partial charge in [0.2, 0.25) is 10.0 Å². The van der Waals surface area contributed by atoms with E-state index >= 15 is 0 Å². The molecule has 0 aliphatic carbocycles. The Hall–Kier alpha value is -0.510. The fourth-order valence-corrected chi connectivity index (χ4v) is 3.64. The summed E-state index contributed by atoms with van der Waals surface area (Å²) in [6, 6.07) is 2.97. The summed E-state index contributed by atoms with van der Waals surface area (Å²) in [5, 5.41) is 0.364. The van der Waals surface area contributed by atoms with Crippen LogP contribution in [0, 0.1) is 0 Å². The maximum Gasteiger partial charge on any atom is 0.261 e. The van der Waals surface area contributed by atoms with Gasteiger partial charge in [0.1, 0.15) is 6.04 Å². The predicted octanol–water partition coefficient (Wildman–Crippen LogP) is 2.07. The third kappa shape index (κ3) is 5.60. The van der Waals surface area contributed by atoms with Gasteiger partial charge < -0.3 is 0 Å². The lowest BCUT2D eigenvalue weighted by Gasteiger charge is -2.17. The second-order valence-corrected chi connectivity index (χ2v) is 7.72. The van der Waals surface area contributed by atoms with Crippen LogP contribution in [0.4, 0.5) is 0 Å². The minimum Gasteiger partial charge on any atom is -0.277 e. The molecule has 0 aromatic heterocycles. The molecule has 1 amide bonds. The Labute approximate surface area is 143 Å². The number of benzene rings is 1. The molecular weight excluding hydrogens is 371 g/mol. The molecule has 1 aromatic carbocycles. The Balaban J connectivity index is 2.98. The van der Waals surface area contributed by atoms with Crippen LogP contribution >= 0.6 is 35.0 Å². The first kappa shape index (κ1) is 19.5. The van der Waals surface area contributed by atoms with E-state index in [9.17, 15) is 13.2 Å². The van der Waals surface area contributed by atoms with Crippen LogP contribution in [0.1, 0.15) is 6.42 Å². The Bertz CT molecular complexity index is 626. The molecule has 0 heterocycles. The molecule has 22 heavy (non-hydrogen) atoms. The molecular formula is C12H16Cl2N2O4S2. The van der Waals surface area contributed by atoms with Crippen LogP contribution in [0.5, 0.6) is 0 Å². The van der Waals surface area contributed by atoms with Gasteiger partial charge in [-0.2, -0.15) is 16.5 Å². The zero-order valence-corrected chi connectivity index (χ0v) is 15.1. The van der Waals surface area contributed by atoms with Gasteiger partial charge in [-0.15, -0.1) is 0 Å². The van der Waals surface area contributed by atoms with Crippen molar-refractivity contribution < 1.29 is 18.0 Å².